The first-order valence-corrected chi connectivity index (χ1v) is 7.31. The minimum Gasteiger partial charge on any atom is -0.477 e. The van der Waals surface area contributed by atoms with Crippen molar-refractivity contribution in [2.45, 2.75) is 12.5 Å². The summed E-state index contributed by atoms with van der Waals surface area (Å²) in [4.78, 5) is 25.2. The Kier molecular flexibility index (Phi) is 5.44. The Morgan fingerprint density at radius 3 is 2.68 bits per heavy atom. The van der Waals surface area contributed by atoms with E-state index in [-0.39, 0.29) is 41.4 Å². The molecule has 3 N–H and O–H groups in total. The first-order valence-electron chi connectivity index (χ1n) is 7.31. The highest BCUT2D eigenvalue weighted by atomic mass is 35.5. The molecule has 3 rings (SSSR count). The maximum atomic E-state index is 14.5. The van der Waals surface area contributed by atoms with Crippen molar-refractivity contribution in [3.05, 3.63) is 46.3 Å². The number of carbonyl (C=O) groups is 1. The Morgan fingerprint density at radius 1 is 1.40 bits per heavy atom. The molecule has 9 heteroatoms. The molecule has 0 aliphatic carbocycles. The van der Waals surface area contributed by atoms with Gasteiger partial charge in [-0.2, -0.15) is 0 Å². The lowest BCUT2D eigenvalue weighted by molar-refractivity contribution is 0.0695. The van der Waals surface area contributed by atoms with Gasteiger partial charge in [0.2, 0.25) is 5.43 Å². The summed E-state index contributed by atoms with van der Waals surface area (Å²) in [5.74, 6) is -2.11. The second-order valence-electron chi connectivity index (χ2n) is 5.67. The third-order valence-corrected chi connectivity index (χ3v) is 4.11. The molecule has 1 saturated heterocycles. The zero-order valence-corrected chi connectivity index (χ0v) is 13.8. The second-order valence-corrected chi connectivity index (χ2v) is 5.67. The van der Waals surface area contributed by atoms with Crippen molar-refractivity contribution in [1.29, 1.82) is 0 Å². The fraction of sp³-hybridized carbons (Fsp3) is 0.250. The standard InChI is InChI=1S/C16H15F2N3O3.ClH/c17-2-4-21-8-11(16(23)24)15(22)10-5-12(18)14(6-13(10)21)20-3-1-9(19)7-20;/h2,4-6,8-9H,1,3,7,19H2,(H,23,24);1H/b4-2-;. The van der Waals surface area contributed by atoms with Gasteiger partial charge in [0, 0.05) is 36.9 Å². The second kappa shape index (κ2) is 7.20. The van der Waals surface area contributed by atoms with Crippen LogP contribution in [-0.2, 0) is 0 Å². The summed E-state index contributed by atoms with van der Waals surface area (Å²) in [6.07, 6.45) is 2.91. The molecule has 1 unspecified atom stereocenters. The molecular weight excluding hydrogens is 356 g/mol. The highest BCUT2D eigenvalue weighted by Crippen LogP contribution is 2.28. The molecule has 1 aliphatic rings. The molecule has 25 heavy (non-hydrogen) atoms. The van der Waals surface area contributed by atoms with Gasteiger partial charge >= 0.3 is 5.97 Å². The van der Waals surface area contributed by atoms with Gasteiger partial charge in [-0.1, -0.05) is 0 Å². The number of benzene rings is 1. The van der Waals surface area contributed by atoms with E-state index in [2.05, 4.69) is 0 Å². The van der Waals surface area contributed by atoms with Gasteiger partial charge in [-0.3, -0.25) is 4.79 Å². The zero-order valence-electron chi connectivity index (χ0n) is 13.0. The maximum Gasteiger partial charge on any atom is 0.341 e. The fourth-order valence-electron chi connectivity index (χ4n) is 2.94. The van der Waals surface area contributed by atoms with Crippen molar-refractivity contribution >= 4 is 41.2 Å². The smallest absolute Gasteiger partial charge is 0.341 e. The van der Waals surface area contributed by atoms with Crippen LogP contribution in [0, 0.1) is 5.82 Å². The highest BCUT2D eigenvalue weighted by Gasteiger charge is 2.23. The summed E-state index contributed by atoms with van der Waals surface area (Å²) in [6.45, 7) is 1.04. The molecule has 1 atom stereocenters. The van der Waals surface area contributed by atoms with Gasteiger partial charge in [0.15, 0.2) is 0 Å². The molecule has 0 spiro atoms. The molecule has 1 aromatic heterocycles. The maximum absolute atomic E-state index is 14.5. The zero-order chi connectivity index (χ0) is 17.4. The quantitative estimate of drug-likeness (QED) is 0.863. The number of carboxylic acids is 1. The van der Waals surface area contributed by atoms with Crippen molar-refractivity contribution in [2.75, 3.05) is 18.0 Å². The van der Waals surface area contributed by atoms with Crippen LogP contribution in [0.4, 0.5) is 14.5 Å². The van der Waals surface area contributed by atoms with Crippen molar-refractivity contribution in [1.82, 2.24) is 4.57 Å². The van der Waals surface area contributed by atoms with E-state index in [1.807, 2.05) is 0 Å². The Balaban J connectivity index is 0.00000225. The Bertz CT molecular complexity index is 914. The summed E-state index contributed by atoms with van der Waals surface area (Å²) < 4.78 is 28.3. The fourth-order valence-corrected chi connectivity index (χ4v) is 2.94. The van der Waals surface area contributed by atoms with Crippen LogP contribution >= 0.6 is 12.4 Å². The normalized spacial score (nSPS) is 17.2. The summed E-state index contributed by atoms with van der Waals surface area (Å²) in [5.41, 5.74) is 4.93. The molecule has 0 radical (unpaired) electrons. The van der Waals surface area contributed by atoms with Gasteiger partial charge in [0.1, 0.15) is 17.7 Å². The van der Waals surface area contributed by atoms with Crippen molar-refractivity contribution in [3.63, 3.8) is 0 Å². The average Bonchev–Trinajstić information content (AvgIpc) is 2.96. The molecule has 134 valence electrons. The van der Waals surface area contributed by atoms with Crippen molar-refractivity contribution in [2.24, 2.45) is 5.73 Å². The van der Waals surface area contributed by atoms with Gasteiger partial charge in [0.25, 0.3) is 0 Å². The SMILES string of the molecule is Cl.NC1CCN(c2cc3c(cc2F)c(=O)c(C(=O)O)cn3/C=C\F)C1. The lowest BCUT2D eigenvalue weighted by atomic mass is 10.1. The van der Waals surface area contributed by atoms with Gasteiger partial charge < -0.3 is 20.3 Å². The number of pyridine rings is 1. The molecule has 1 aliphatic heterocycles. The summed E-state index contributed by atoms with van der Waals surface area (Å²) in [5, 5.41) is 8.97. The first kappa shape index (κ1) is 18.9. The van der Waals surface area contributed by atoms with E-state index in [1.165, 1.54) is 6.07 Å². The van der Waals surface area contributed by atoms with Gasteiger partial charge in [0.05, 0.1) is 11.2 Å². The molecule has 0 amide bonds. The number of halogens is 3. The number of nitrogens with two attached hydrogens (primary N) is 1. The van der Waals surface area contributed by atoms with E-state index in [9.17, 15) is 18.4 Å². The number of hydrogen-bond acceptors (Lipinski definition) is 4. The number of rotatable bonds is 3. The minimum atomic E-state index is -1.46. The van der Waals surface area contributed by atoms with Crippen molar-refractivity contribution < 1.29 is 18.7 Å². The molecule has 2 aromatic rings. The van der Waals surface area contributed by atoms with Crippen LogP contribution < -0.4 is 16.1 Å². The lowest BCUT2D eigenvalue weighted by Crippen LogP contribution is -2.27. The molecule has 1 fully saturated rings. The van der Waals surface area contributed by atoms with E-state index in [0.29, 0.717) is 19.5 Å². The van der Waals surface area contributed by atoms with Crippen LogP contribution in [-0.4, -0.2) is 34.8 Å². The summed E-state index contributed by atoms with van der Waals surface area (Å²) in [7, 11) is 0. The third kappa shape index (κ3) is 3.35. The Hall–Kier alpha value is -2.45. The number of anilines is 1. The van der Waals surface area contributed by atoms with Crippen LogP contribution in [0.15, 0.2) is 29.5 Å². The summed E-state index contributed by atoms with van der Waals surface area (Å²) in [6, 6.07) is 2.34. The van der Waals surface area contributed by atoms with E-state index >= 15 is 0 Å². The number of aromatic nitrogens is 1. The van der Waals surface area contributed by atoms with E-state index in [4.69, 9.17) is 10.8 Å². The van der Waals surface area contributed by atoms with Crippen LogP contribution in [0.3, 0.4) is 0 Å². The largest absolute Gasteiger partial charge is 0.477 e. The number of hydrogen-bond donors (Lipinski definition) is 2. The average molecular weight is 372 g/mol. The molecular formula is C16H16ClF2N3O3. The van der Waals surface area contributed by atoms with E-state index < -0.39 is 22.8 Å². The first-order chi connectivity index (χ1) is 11.4. The van der Waals surface area contributed by atoms with E-state index in [1.54, 1.807) is 4.90 Å². The predicted molar refractivity (Wildman–Crippen MR) is 93.6 cm³/mol. The highest BCUT2D eigenvalue weighted by molar-refractivity contribution is 5.94. The minimum absolute atomic E-state index is 0. The molecule has 6 nitrogen and oxygen atoms in total. The number of nitrogens with zero attached hydrogens (tertiary/aromatic N) is 2. The number of aromatic carboxylic acids is 1. The summed E-state index contributed by atoms with van der Waals surface area (Å²) >= 11 is 0. The molecule has 1 aromatic carbocycles. The lowest BCUT2D eigenvalue weighted by Gasteiger charge is -2.20. The van der Waals surface area contributed by atoms with Crippen LogP contribution in [0.1, 0.15) is 16.8 Å². The monoisotopic (exact) mass is 371 g/mol. The van der Waals surface area contributed by atoms with Gasteiger partial charge in [-0.15, -0.1) is 12.4 Å². The number of fused-ring (bicyclic) bond motifs is 1. The molecule has 2 heterocycles. The number of carboxylic acid groups (broad SMARTS) is 1. The van der Waals surface area contributed by atoms with Crippen LogP contribution in [0.25, 0.3) is 17.1 Å². The third-order valence-electron chi connectivity index (χ3n) is 4.11. The van der Waals surface area contributed by atoms with Crippen LogP contribution in [0.5, 0.6) is 0 Å². The van der Waals surface area contributed by atoms with Gasteiger partial charge in [-0.25, -0.2) is 13.6 Å². The van der Waals surface area contributed by atoms with Gasteiger partial charge in [-0.05, 0) is 18.6 Å². The van der Waals surface area contributed by atoms with Crippen LogP contribution in [0.2, 0.25) is 0 Å². The van der Waals surface area contributed by atoms with Crippen molar-refractivity contribution in [3.8, 4) is 0 Å². The van der Waals surface area contributed by atoms with E-state index in [0.717, 1.165) is 23.0 Å². The molecule has 0 saturated carbocycles. The Morgan fingerprint density at radius 2 is 2.12 bits per heavy atom. The molecule has 0 bridgehead atoms. The predicted octanol–water partition coefficient (Wildman–Crippen LogP) is 2.20. The topological polar surface area (TPSA) is 88.6 Å². The Labute approximate surface area is 147 Å².